The summed E-state index contributed by atoms with van der Waals surface area (Å²) in [5, 5.41) is 12.1. The SMILES string of the molecule is CC[C@H](C)[C@H](NS(=O)(=O)c1ccc(C)cc1)C(O)(c1ccccc1)c1ccccc1. The van der Waals surface area contributed by atoms with E-state index in [1.807, 2.05) is 81.4 Å². The number of hydrogen-bond acceptors (Lipinski definition) is 3. The molecule has 3 aromatic carbocycles. The molecule has 0 aliphatic carbocycles. The van der Waals surface area contributed by atoms with Crippen molar-refractivity contribution in [2.75, 3.05) is 0 Å². The van der Waals surface area contributed by atoms with Gasteiger partial charge in [-0.1, -0.05) is 98.6 Å². The first-order valence-corrected chi connectivity index (χ1v) is 11.7. The van der Waals surface area contributed by atoms with Crippen molar-refractivity contribution in [2.45, 2.75) is 43.7 Å². The van der Waals surface area contributed by atoms with Crippen LogP contribution in [-0.4, -0.2) is 19.6 Å². The van der Waals surface area contributed by atoms with Gasteiger partial charge in [0.05, 0.1) is 10.9 Å². The third-order valence-corrected chi connectivity index (χ3v) is 7.16. The van der Waals surface area contributed by atoms with Crippen LogP contribution in [0, 0.1) is 12.8 Å². The van der Waals surface area contributed by atoms with Crippen molar-refractivity contribution >= 4 is 10.0 Å². The van der Waals surface area contributed by atoms with E-state index < -0.39 is 21.7 Å². The van der Waals surface area contributed by atoms with Gasteiger partial charge in [0.15, 0.2) is 0 Å². The number of benzene rings is 3. The maximum Gasteiger partial charge on any atom is 0.240 e. The Morgan fingerprint density at radius 3 is 1.77 bits per heavy atom. The third kappa shape index (κ3) is 4.48. The zero-order valence-electron chi connectivity index (χ0n) is 17.6. The zero-order valence-corrected chi connectivity index (χ0v) is 18.4. The van der Waals surface area contributed by atoms with Gasteiger partial charge in [-0.15, -0.1) is 0 Å². The van der Waals surface area contributed by atoms with Crippen LogP contribution in [0.25, 0.3) is 0 Å². The summed E-state index contributed by atoms with van der Waals surface area (Å²) in [6.45, 7) is 5.86. The molecule has 0 heterocycles. The topological polar surface area (TPSA) is 66.4 Å². The number of hydrogen-bond donors (Lipinski definition) is 2. The fraction of sp³-hybridized carbons (Fsp3) is 0.280. The summed E-state index contributed by atoms with van der Waals surface area (Å²) in [5.41, 5.74) is 0.745. The van der Waals surface area contributed by atoms with Crippen molar-refractivity contribution < 1.29 is 13.5 Å². The fourth-order valence-corrected chi connectivity index (χ4v) is 5.08. The van der Waals surface area contributed by atoms with E-state index in [0.717, 1.165) is 5.56 Å². The van der Waals surface area contributed by atoms with E-state index in [2.05, 4.69) is 4.72 Å². The van der Waals surface area contributed by atoms with Crippen molar-refractivity contribution in [3.05, 3.63) is 102 Å². The minimum atomic E-state index is -3.84. The molecule has 30 heavy (non-hydrogen) atoms. The molecule has 0 fully saturated rings. The molecule has 0 radical (unpaired) electrons. The number of nitrogens with one attached hydrogen (secondary N) is 1. The normalized spacial score (nSPS) is 14.3. The Hall–Kier alpha value is -2.47. The molecule has 0 aromatic heterocycles. The highest BCUT2D eigenvalue weighted by Gasteiger charge is 2.44. The minimum absolute atomic E-state index is 0.129. The Bertz CT molecular complexity index is 1010. The van der Waals surface area contributed by atoms with E-state index in [1.165, 1.54) is 0 Å². The highest BCUT2D eigenvalue weighted by atomic mass is 32.2. The molecule has 0 saturated heterocycles. The number of rotatable bonds is 8. The van der Waals surface area contributed by atoms with Gasteiger partial charge < -0.3 is 5.11 Å². The molecule has 0 spiro atoms. The van der Waals surface area contributed by atoms with Crippen molar-refractivity contribution in [1.82, 2.24) is 4.72 Å². The summed E-state index contributed by atoms with van der Waals surface area (Å²) in [4.78, 5) is 0.185. The standard InChI is InChI=1S/C25H29NO3S/c1-4-20(3)24(26-30(28,29)23-17-15-19(2)16-18-23)25(27,21-11-7-5-8-12-21)22-13-9-6-10-14-22/h5-18,20,24,26-27H,4H2,1-3H3/t20-,24-/m0/s1. The van der Waals surface area contributed by atoms with Crippen LogP contribution in [0.15, 0.2) is 89.8 Å². The third-order valence-electron chi connectivity index (χ3n) is 5.70. The molecule has 5 heteroatoms. The Labute approximate surface area is 179 Å². The maximum absolute atomic E-state index is 13.3. The molecule has 0 unspecified atom stereocenters. The number of aliphatic hydroxyl groups is 1. The number of aryl methyl sites for hydroxylation is 1. The highest BCUT2D eigenvalue weighted by molar-refractivity contribution is 7.89. The Balaban J connectivity index is 2.14. The summed E-state index contributed by atoms with van der Waals surface area (Å²) in [7, 11) is -3.84. The first-order chi connectivity index (χ1) is 14.3. The average Bonchev–Trinajstić information content (AvgIpc) is 2.78. The van der Waals surface area contributed by atoms with Crippen LogP contribution in [0.2, 0.25) is 0 Å². The second-order valence-electron chi connectivity index (χ2n) is 7.80. The Kier molecular flexibility index (Phi) is 6.76. The second kappa shape index (κ2) is 9.13. The molecule has 0 aliphatic rings. The van der Waals surface area contributed by atoms with Crippen LogP contribution in [0.5, 0.6) is 0 Å². The van der Waals surface area contributed by atoms with Gasteiger partial charge in [0.25, 0.3) is 0 Å². The maximum atomic E-state index is 13.3. The quantitative estimate of drug-likeness (QED) is 0.555. The number of sulfonamides is 1. The van der Waals surface area contributed by atoms with Crippen LogP contribution in [0.1, 0.15) is 37.0 Å². The van der Waals surface area contributed by atoms with E-state index in [-0.39, 0.29) is 10.8 Å². The fourth-order valence-electron chi connectivity index (χ4n) is 3.71. The lowest BCUT2D eigenvalue weighted by molar-refractivity contribution is 0.0247. The monoisotopic (exact) mass is 423 g/mol. The molecule has 0 saturated carbocycles. The van der Waals surface area contributed by atoms with Crippen molar-refractivity contribution in [3.63, 3.8) is 0 Å². The average molecular weight is 424 g/mol. The van der Waals surface area contributed by atoms with Crippen LogP contribution in [0.3, 0.4) is 0 Å². The smallest absolute Gasteiger partial charge is 0.240 e. The Morgan fingerprint density at radius 1 is 0.867 bits per heavy atom. The van der Waals surface area contributed by atoms with Crippen LogP contribution in [-0.2, 0) is 15.6 Å². The Morgan fingerprint density at radius 2 is 1.33 bits per heavy atom. The van der Waals surface area contributed by atoms with Crippen molar-refractivity contribution in [3.8, 4) is 0 Å². The molecule has 0 aliphatic heterocycles. The van der Waals surface area contributed by atoms with Gasteiger partial charge >= 0.3 is 0 Å². The van der Waals surface area contributed by atoms with Gasteiger partial charge in [0.1, 0.15) is 5.60 Å². The molecule has 158 valence electrons. The van der Waals surface area contributed by atoms with Crippen LogP contribution in [0.4, 0.5) is 0 Å². The van der Waals surface area contributed by atoms with Gasteiger partial charge in [0, 0.05) is 0 Å². The summed E-state index contributed by atoms with van der Waals surface area (Å²) in [6, 6.07) is 24.5. The summed E-state index contributed by atoms with van der Waals surface area (Å²) in [6.07, 6.45) is 0.697. The molecular formula is C25H29NO3S. The van der Waals surface area contributed by atoms with E-state index >= 15 is 0 Å². The summed E-state index contributed by atoms with van der Waals surface area (Å²) < 4.78 is 29.4. The minimum Gasteiger partial charge on any atom is -0.379 e. The lowest BCUT2D eigenvalue weighted by atomic mass is 9.75. The van der Waals surface area contributed by atoms with Crippen LogP contribution < -0.4 is 4.72 Å². The van der Waals surface area contributed by atoms with Gasteiger partial charge in [0.2, 0.25) is 10.0 Å². The predicted octanol–water partition coefficient (Wildman–Crippen LogP) is 4.62. The summed E-state index contributed by atoms with van der Waals surface area (Å²) in [5.74, 6) is -0.129. The van der Waals surface area contributed by atoms with Gasteiger partial charge in [-0.25, -0.2) is 13.1 Å². The highest BCUT2D eigenvalue weighted by Crippen LogP contribution is 2.37. The molecule has 2 N–H and O–H groups in total. The van der Waals surface area contributed by atoms with E-state index in [9.17, 15) is 13.5 Å². The lowest BCUT2D eigenvalue weighted by Gasteiger charge is -2.40. The van der Waals surface area contributed by atoms with E-state index in [4.69, 9.17) is 0 Å². The van der Waals surface area contributed by atoms with E-state index in [0.29, 0.717) is 17.5 Å². The van der Waals surface area contributed by atoms with Gasteiger partial charge in [-0.3, -0.25) is 0 Å². The predicted molar refractivity (Wildman–Crippen MR) is 121 cm³/mol. The molecule has 0 bridgehead atoms. The van der Waals surface area contributed by atoms with Crippen molar-refractivity contribution in [1.29, 1.82) is 0 Å². The first-order valence-electron chi connectivity index (χ1n) is 10.2. The molecule has 4 nitrogen and oxygen atoms in total. The van der Waals surface area contributed by atoms with Crippen LogP contribution >= 0.6 is 0 Å². The molecule has 3 aromatic rings. The molecule has 2 atom stereocenters. The van der Waals surface area contributed by atoms with E-state index in [1.54, 1.807) is 24.3 Å². The zero-order chi connectivity index (χ0) is 21.8. The lowest BCUT2D eigenvalue weighted by Crippen LogP contribution is -2.54. The molecule has 0 amide bonds. The van der Waals surface area contributed by atoms with Gasteiger partial charge in [-0.2, -0.15) is 0 Å². The molecular weight excluding hydrogens is 394 g/mol. The summed E-state index contributed by atoms with van der Waals surface area (Å²) >= 11 is 0. The first kappa shape index (κ1) is 22.2. The van der Waals surface area contributed by atoms with Gasteiger partial charge in [-0.05, 0) is 36.1 Å². The second-order valence-corrected chi connectivity index (χ2v) is 9.51. The molecule has 3 rings (SSSR count). The largest absolute Gasteiger partial charge is 0.379 e. The van der Waals surface area contributed by atoms with Crippen molar-refractivity contribution in [2.24, 2.45) is 5.92 Å².